The van der Waals surface area contributed by atoms with Crippen LogP contribution in [0.25, 0.3) is 11.1 Å². The second-order valence-corrected chi connectivity index (χ2v) is 12.3. The van der Waals surface area contributed by atoms with Crippen LogP contribution >= 0.6 is 0 Å². The van der Waals surface area contributed by atoms with Gasteiger partial charge in [0.2, 0.25) is 5.95 Å². The van der Waals surface area contributed by atoms with Crippen molar-refractivity contribution in [2.45, 2.75) is 63.3 Å². The maximum Gasteiger partial charge on any atom is 0.391 e. The molecule has 48 heavy (non-hydrogen) atoms. The van der Waals surface area contributed by atoms with Crippen LogP contribution < -0.4 is 20.4 Å². The molecule has 0 bridgehead atoms. The maximum atomic E-state index is 13.7. The van der Waals surface area contributed by atoms with Crippen LogP contribution in [0.15, 0.2) is 67.3 Å². The number of amides is 2. The van der Waals surface area contributed by atoms with Gasteiger partial charge in [-0.05, 0) is 56.2 Å². The molecule has 6 rings (SSSR count). The summed E-state index contributed by atoms with van der Waals surface area (Å²) in [5, 5.41) is 20.3. The number of anilines is 3. The third-order valence-electron chi connectivity index (χ3n) is 9.08. The molecular weight excluding hydrogens is 621 g/mol. The van der Waals surface area contributed by atoms with Gasteiger partial charge < -0.3 is 15.5 Å². The van der Waals surface area contributed by atoms with E-state index in [9.17, 15) is 23.2 Å². The predicted octanol–water partition coefficient (Wildman–Crippen LogP) is 6.06. The van der Waals surface area contributed by atoms with E-state index in [-0.39, 0.29) is 49.6 Å². The van der Waals surface area contributed by atoms with Crippen LogP contribution in [-0.4, -0.2) is 62.1 Å². The number of aryl methyl sites for hydroxylation is 1. The Labute approximate surface area is 276 Å². The van der Waals surface area contributed by atoms with Crippen molar-refractivity contribution >= 4 is 23.6 Å². The van der Waals surface area contributed by atoms with E-state index in [2.05, 4.69) is 31.8 Å². The van der Waals surface area contributed by atoms with E-state index >= 15 is 0 Å². The molecule has 3 aromatic heterocycles. The predicted molar refractivity (Wildman–Crippen MR) is 175 cm³/mol. The molecule has 2 fully saturated rings. The summed E-state index contributed by atoms with van der Waals surface area (Å²) in [6, 6.07) is 15.3. The van der Waals surface area contributed by atoms with E-state index in [0.29, 0.717) is 37.0 Å². The first-order valence-corrected chi connectivity index (χ1v) is 16.1. The molecule has 250 valence electrons. The highest BCUT2D eigenvalue weighted by Crippen LogP contribution is 2.36. The Morgan fingerprint density at radius 2 is 1.73 bits per heavy atom. The fraction of sp³-hybridized carbons (Fsp3) is 0.412. The molecule has 0 unspecified atom stereocenters. The summed E-state index contributed by atoms with van der Waals surface area (Å²) >= 11 is 0. The van der Waals surface area contributed by atoms with Gasteiger partial charge in [0.15, 0.2) is 5.82 Å². The van der Waals surface area contributed by atoms with Gasteiger partial charge in [-0.15, -0.1) is 0 Å². The fourth-order valence-electron chi connectivity index (χ4n) is 6.43. The number of alkyl halides is 3. The summed E-state index contributed by atoms with van der Waals surface area (Å²) < 4.78 is 41.4. The zero-order chi connectivity index (χ0) is 33.7. The molecule has 11 nitrogen and oxygen atoms in total. The largest absolute Gasteiger partial charge is 0.391 e. The number of pyridine rings is 1. The smallest absolute Gasteiger partial charge is 0.355 e. The number of nitriles is 1. The van der Waals surface area contributed by atoms with Gasteiger partial charge in [-0.2, -0.15) is 28.5 Å². The molecule has 1 aliphatic carbocycles. The molecule has 0 radical (unpaired) electrons. The van der Waals surface area contributed by atoms with E-state index in [4.69, 9.17) is 4.98 Å². The van der Waals surface area contributed by atoms with Crippen LogP contribution in [0.3, 0.4) is 0 Å². The van der Waals surface area contributed by atoms with E-state index in [1.165, 1.54) is 6.20 Å². The van der Waals surface area contributed by atoms with Gasteiger partial charge in [0.25, 0.3) is 0 Å². The molecule has 4 aromatic rings. The number of benzene rings is 1. The minimum absolute atomic E-state index is 0.00754. The number of piperidine rings is 1. The minimum Gasteiger partial charge on any atom is -0.355 e. The van der Waals surface area contributed by atoms with E-state index < -0.39 is 12.1 Å². The Balaban J connectivity index is 1.13. The van der Waals surface area contributed by atoms with Crippen molar-refractivity contribution in [1.82, 2.24) is 30.0 Å². The van der Waals surface area contributed by atoms with Crippen LogP contribution in [-0.2, 0) is 13.6 Å². The molecule has 0 spiro atoms. The quantitative estimate of drug-likeness (QED) is 0.234. The average Bonchev–Trinajstić information content (AvgIpc) is 3.54. The lowest BCUT2D eigenvalue weighted by molar-refractivity contribution is -0.179. The van der Waals surface area contributed by atoms with E-state index in [1.54, 1.807) is 26.9 Å². The highest BCUT2D eigenvalue weighted by molar-refractivity contribution is 5.91. The van der Waals surface area contributed by atoms with Crippen molar-refractivity contribution in [3.05, 3.63) is 78.4 Å². The highest BCUT2D eigenvalue weighted by atomic mass is 19.4. The Morgan fingerprint density at radius 3 is 2.35 bits per heavy atom. The van der Waals surface area contributed by atoms with Crippen molar-refractivity contribution in [1.29, 1.82) is 5.26 Å². The number of urea groups is 1. The van der Waals surface area contributed by atoms with E-state index in [0.717, 1.165) is 29.5 Å². The number of carbonyl (C=O) groups excluding carboxylic acids is 1. The number of hydrogen-bond acceptors (Lipinski definition) is 8. The number of rotatable bonds is 8. The molecule has 2 N–H and O–H groups in total. The summed E-state index contributed by atoms with van der Waals surface area (Å²) in [6.07, 6.45) is 5.37. The SMILES string of the molecule is Cn1cc(-c2ccc(N(C(=O)NCc3ccccc3)C3CCC(Nc4ncc(C#N)c(N5CCC(C(F)(F)F)CC5)n4)CC3)nc2)cn1. The molecule has 1 aliphatic heterocycles. The number of aromatic nitrogens is 5. The van der Waals surface area contributed by atoms with Crippen LogP contribution in [0.5, 0.6) is 0 Å². The third kappa shape index (κ3) is 7.67. The fourth-order valence-corrected chi connectivity index (χ4v) is 6.43. The Kier molecular flexibility index (Phi) is 9.75. The Hall–Kier alpha value is -5.19. The van der Waals surface area contributed by atoms with Crippen molar-refractivity contribution in [2.75, 3.05) is 28.2 Å². The second kappa shape index (κ2) is 14.3. The number of carbonyl (C=O) groups is 1. The first-order chi connectivity index (χ1) is 23.2. The maximum absolute atomic E-state index is 13.7. The van der Waals surface area contributed by atoms with Gasteiger partial charge >= 0.3 is 12.2 Å². The minimum atomic E-state index is -4.22. The summed E-state index contributed by atoms with van der Waals surface area (Å²) in [6.45, 7) is 0.715. The molecule has 14 heteroatoms. The molecular formula is C34H37F3N10O. The van der Waals surface area contributed by atoms with Crippen LogP contribution in [0.1, 0.15) is 49.7 Å². The molecule has 4 heterocycles. The Morgan fingerprint density at radius 1 is 0.979 bits per heavy atom. The third-order valence-corrected chi connectivity index (χ3v) is 9.08. The Bertz CT molecular complexity index is 1720. The zero-order valence-corrected chi connectivity index (χ0v) is 26.6. The van der Waals surface area contributed by atoms with Gasteiger partial charge in [-0.25, -0.2) is 14.8 Å². The second-order valence-electron chi connectivity index (χ2n) is 12.3. The zero-order valence-electron chi connectivity index (χ0n) is 26.6. The van der Waals surface area contributed by atoms with Gasteiger partial charge in [0.05, 0.1) is 18.3 Å². The van der Waals surface area contributed by atoms with Crippen molar-refractivity contribution in [2.24, 2.45) is 13.0 Å². The number of halogens is 3. The van der Waals surface area contributed by atoms with Crippen LogP contribution in [0.4, 0.5) is 35.5 Å². The molecule has 1 saturated carbocycles. The van der Waals surface area contributed by atoms with E-state index in [1.807, 2.05) is 55.7 Å². The lowest BCUT2D eigenvalue weighted by Crippen LogP contribution is -2.49. The van der Waals surface area contributed by atoms with Gasteiger partial charge in [-0.3, -0.25) is 9.58 Å². The lowest BCUT2D eigenvalue weighted by atomic mass is 9.90. The van der Waals surface area contributed by atoms with Crippen molar-refractivity contribution < 1.29 is 18.0 Å². The van der Waals surface area contributed by atoms with Crippen molar-refractivity contribution in [3.63, 3.8) is 0 Å². The summed E-state index contributed by atoms with van der Waals surface area (Å²) in [5.41, 5.74) is 3.05. The van der Waals surface area contributed by atoms with Crippen molar-refractivity contribution in [3.8, 4) is 17.2 Å². The molecule has 0 atom stereocenters. The topological polar surface area (TPSA) is 128 Å². The highest BCUT2D eigenvalue weighted by Gasteiger charge is 2.41. The first-order valence-electron chi connectivity index (χ1n) is 16.1. The van der Waals surface area contributed by atoms with Gasteiger partial charge in [0, 0.05) is 62.3 Å². The monoisotopic (exact) mass is 658 g/mol. The molecule has 2 amide bonds. The average molecular weight is 659 g/mol. The van der Waals surface area contributed by atoms with Gasteiger partial charge in [-0.1, -0.05) is 30.3 Å². The first kappa shape index (κ1) is 32.7. The van der Waals surface area contributed by atoms with Crippen LogP contribution in [0, 0.1) is 17.2 Å². The molecule has 1 saturated heterocycles. The lowest BCUT2D eigenvalue weighted by Gasteiger charge is -2.37. The summed E-state index contributed by atoms with van der Waals surface area (Å²) in [5.74, 6) is -0.107. The van der Waals surface area contributed by atoms with Gasteiger partial charge in [0.1, 0.15) is 17.5 Å². The standard InChI is InChI=1S/C34H37F3N10O/c1-45-22-26(21-42-45)24-7-12-30(39-19-24)47(33(48)41-18-23-5-3-2-4-6-23)29-10-8-28(9-11-29)43-32-40-20-25(17-38)31(44-32)46-15-13-27(14-16-46)34(35,36)37/h2-7,12,19-22,27-29H,8-11,13-16,18H2,1H3,(H,41,48)(H,40,43,44). The summed E-state index contributed by atoms with van der Waals surface area (Å²) in [4.78, 5) is 30.8. The summed E-state index contributed by atoms with van der Waals surface area (Å²) in [7, 11) is 1.85. The molecule has 2 aliphatic rings. The number of nitrogens with one attached hydrogen (secondary N) is 2. The van der Waals surface area contributed by atoms with Crippen LogP contribution in [0.2, 0.25) is 0 Å². The number of nitrogens with zero attached hydrogens (tertiary/aromatic N) is 8. The normalized spacial score (nSPS) is 18.6. The molecule has 1 aromatic carbocycles. The number of hydrogen-bond donors (Lipinski definition) is 2.